The van der Waals surface area contributed by atoms with Gasteiger partial charge in [-0.1, -0.05) is 42.5 Å². The molecule has 0 saturated carbocycles. The standard InChI is InChI=1S/C15H13BrN2OS/c16-12-8-4-5-9-13(12)18-15(20)17-10-14(19)11-6-2-1-3-7-11/h1-9H,10H2,(H2,17,18,20). The van der Waals surface area contributed by atoms with Crippen molar-refractivity contribution in [2.75, 3.05) is 11.9 Å². The van der Waals surface area contributed by atoms with Gasteiger partial charge >= 0.3 is 0 Å². The largest absolute Gasteiger partial charge is 0.355 e. The van der Waals surface area contributed by atoms with Crippen molar-refractivity contribution in [3.8, 4) is 0 Å². The van der Waals surface area contributed by atoms with Gasteiger partial charge in [0.15, 0.2) is 10.9 Å². The lowest BCUT2D eigenvalue weighted by atomic mass is 10.1. The first-order chi connectivity index (χ1) is 9.66. The van der Waals surface area contributed by atoms with E-state index in [1.54, 1.807) is 12.1 Å². The Bertz CT molecular complexity index is 616. The summed E-state index contributed by atoms with van der Waals surface area (Å²) in [5, 5.41) is 6.36. The van der Waals surface area contributed by atoms with E-state index in [-0.39, 0.29) is 12.3 Å². The van der Waals surface area contributed by atoms with Crippen LogP contribution >= 0.6 is 28.1 Å². The lowest BCUT2D eigenvalue weighted by Crippen LogP contribution is -2.33. The predicted octanol–water partition coefficient (Wildman–Crippen LogP) is 3.62. The zero-order valence-electron chi connectivity index (χ0n) is 10.6. The number of carbonyl (C=O) groups is 1. The number of para-hydroxylation sites is 1. The molecule has 2 aromatic rings. The molecular formula is C15H13BrN2OS. The summed E-state index contributed by atoms with van der Waals surface area (Å²) in [7, 11) is 0. The van der Waals surface area contributed by atoms with Crippen molar-refractivity contribution in [1.82, 2.24) is 5.32 Å². The van der Waals surface area contributed by atoms with Gasteiger partial charge in [-0.25, -0.2) is 0 Å². The normalized spacial score (nSPS) is 9.85. The Hall–Kier alpha value is -1.72. The Morgan fingerprint density at radius 1 is 1.05 bits per heavy atom. The number of benzene rings is 2. The van der Waals surface area contributed by atoms with Crippen LogP contribution in [-0.4, -0.2) is 17.4 Å². The summed E-state index contributed by atoms with van der Waals surface area (Å²) in [4.78, 5) is 11.9. The molecule has 0 atom stereocenters. The van der Waals surface area contributed by atoms with Gasteiger partial charge < -0.3 is 10.6 Å². The number of thiocarbonyl (C=S) groups is 1. The number of nitrogens with one attached hydrogen (secondary N) is 2. The Kier molecular flexibility index (Phi) is 5.26. The van der Waals surface area contributed by atoms with E-state index in [0.717, 1.165) is 10.2 Å². The Labute approximate surface area is 131 Å². The van der Waals surface area contributed by atoms with Crippen molar-refractivity contribution in [3.63, 3.8) is 0 Å². The highest BCUT2D eigenvalue weighted by molar-refractivity contribution is 9.10. The second-order valence-electron chi connectivity index (χ2n) is 4.08. The van der Waals surface area contributed by atoms with Crippen molar-refractivity contribution in [1.29, 1.82) is 0 Å². The fraction of sp³-hybridized carbons (Fsp3) is 0.0667. The van der Waals surface area contributed by atoms with E-state index in [1.807, 2.05) is 42.5 Å². The third kappa shape index (κ3) is 4.15. The average molecular weight is 349 g/mol. The van der Waals surface area contributed by atoms with Crippen LogP contribution in [0, 0.1) is 0 Å². The maximum atomic E-state index is 11.9. The molecule has 2 N–H and O–H groups in total. The van der Waals surface area contributed by atoms with Gasteiger partial charge in [-0.05, 0) is 40.3 Å². The summed E-state index contributed by atoms with van der Waals surface area (Å²) in [6, 6.07) is 16.8. The molecule has 2 aromatic carbocycles. The Morgan fingerprint density at radius 3 is 2.40 bits per heavy atom. The van der Waals surface area contributed by atoms with Crippen molar-refractivity contribution in [2.45, 2.75) is 0 Å². The van der Waals surface area contributed by atoms with Crippen LogP contribution in [0.5, 0.6) is 0 Å². The van der Waals surface area contributed by atoms with Crippen LogP contribution in [0.3, 0.4) is 0 Å². The number of anilines is 1. The lowest BCUT2D eigenvalue weighted by molar-refractivity contribution is 0.0996. The maximum Gasteiger partial charge on any atom is 0.181 e. The van der Waals surface area contributed by atoms with Gasteiger partial charge in [0.05, 0.1) is 12.2 Å². The minimum absolute atomic E-state index is 0.00174. The van der Waals surface area contributed by atoms with Gasteiger partial charge in [-0.3, -0.25) is 4.79 Å². The molecule has 0 saturated heterocycles. The van der Waals surface area contributed by atoms with E-state index >= 15 is 0 Å². The summed E-state index contributed by atoms with van der Waals surface area (Å²) >= 11 is 8.59. The molecule has 0 bridgehead atoms. The number of hydrogen-bond donors (Lipinski definition) is 2. The average Bonchev–Trinajstić information content (AvgIpc) is 2.48. The van der Waals surface area contributed by atoms with Crippen LogP contribution in [0.4, 0.5) is 5.69 Å². The van der Waals surface area contributed by atoms with Gasteiger partial charge in [-0.2, -0.15) is 0 Å². The van der Waals surface area contributed by atoms with Crippen molar-refractivity contribution < 1.29 is 4.79 Å². The fourth-order valence-corrected chi connectivity index (χ4v) is 2.18. The fourth-order valence-electron chi connectivity index (χ4n) is 1.62. The molecule has 0 aliphatic carbocycles. The van der Waals surface area contributed by atoms with Crippen LogP contribution in [-0.2, 0) is 0 Å². The molecule has 3 nitrogen and oxygen atoms in total. The molecule has 0 unspecified atom stereocenters. The topological polar surface area (TPSA) is 41.1 Å². The third-order valence-corrected chi connectivity index (χ3v) is 3.57. The summed E-state index contributed by atoms with van der Waals surface area (Å²) in [5.74, 6) is 0.00174. The van der Waals surface area contributed by atoms with Crippen molar-refractivity contribution in [2.24, 2.45) is 0 Å². The Morgan fingerprint density at radius 2 is 1.70 bits per heavy atom. The third-order valence-electron chi connectivity index (χ3n) is 2.63. The van der Waals surface area contributed by atoms with E-state index in [2.05, 4.69) is 26.6 Å². The molecule has 0 spiro atoms. The van der Waals surface area contributed by atoms with Crippen molar-refractivity contribution in [3.05, 3.63) is 64.6 Å². The quantitative estimate of drug-likeness (QED) is 0.654. The number of halogens is 1. The minimum Gasteiger partial charge on any atom is -0.355 e. The van der Waals surface area contributed by atoms with Crippen molar-refractivity contribution >= 4 is 44.7 Å². The summed E-state index contributed by atoms with van der Waals surface area (Å²) in [5.41, 5.74) is 1.53. The SMILES string of the molecule is O=C(CNC(=S)Nc1ccccc1Br)c1ccccc1. The van der Waals surface area contributed by atoms with Crippen LogP contribution < -0.4 is 10.6 Å². The highest BCUT2D eigenvalue weighted by Gasteiger charge is 2.06. The molecule has 5 heteroatoms. The molecule has 0 fully saturated rings. The predicted molar refractivity (Wildman–Crippen MR) is 89.1 cm³/mol. The Balaban J connectivity index is 1.87. The second kappa shape index (κ2) is 7.17. The highest BCUT2D eigenvalue weighted by Crippen LogP contribution is 2.20. The van der Waals surface area contributed by atoms with E-state index < -0.39 is 0 Å². The smallest absolute Gasteiger partial charge is 0.181 e. The van der Waals surface area contributed by atoms with E-state index in [4.69, 9.17) is 12.2 Å². The second-order valence-corrected chi connectivity index (χ2v) is 5.34. The zero-order chi connectivity index (χ0) is 14.4. The molecular weight excluding hydrogens is 336 g/mol. The molecule has 20 heavy (non-hydrogen) atoms. The number of ketones is 1. The number of rotatable bonds is 4. The van der Waals surface area contributed by atoms with Gasteiger partial charge in [0.1, 0.15) is 0 Å². The number of carbonyl (C=O) groups excluding carboxylic acids is 1. The lowest BCUT2D eigenvalue weighted by Gasteiger charge is -2.11. The molecule has 102 valence electrons. The number of Topliss-reactive ketones (excluding diaryl/α,β-unsaturated/α-hetero) is 1. The molecule has 0 heterocycles. The summed E-state index contributed by atoms with van der Waals surface area (Å²) < 4.78 is 0.915. The summed E-state index contributed by atoms with van der Waals surface area (Å²) in [6.45, 7) is 0.167. The summed E-state index contributed by atoms with van der Waals surface area (Å²) in [6.07, 6.45) is 0. The van der Waals surface area contributed by atoms with Gasteiger partial charge in [0.25, 0.3) is 0 Å². The minimum atomic E-state index is 0.00174. The van der Waals surface area contributed by atoms with Gasteiger partial charge in [0, 0.05) is 10.0 Å². The number of hydrogen-bond acceptors (Lipinski definition) is 2. The van der Waals surface area contributed by atoms with E-state index in [0.29, 0.717) is 10.7 Å². The first-order valence-electron chi connectivity index (χ1n) is 6.04. The van der Waals surface area contributed by atoms with Crippen LogP contribution in [0.2, 0.25) is 0 Å². The van der Waals surface area contributed by atoms with Crippen LogP contribution in [0.1, 0.15) is 10.4 Å². The molecule has 0 radical (unpaired) electrons. The highest BCUT2D eigenvalue weighted by atomic mass is 79.9. The van der Waals surface area contributed by atoms with Gasteiger partial charge in [-0.15, -0.1) is 0 Å². The molecule has 0 aliphatic rings. The van der Waals surface area contributed by atoms with Crippen LogP contribution in [0.25, 0.3) is 0 Å². The van der Waals surface area contributed by atoms with Crippen LogP contribution in [0.15, 0.2) is 59.1 Å². The monoisotopic (exact) mass is 348 g/mol. The van der Waals surface area contributed by atoms with E-state index in [1.165, 1.54) is 0 Å². The zero-order valence-corrected chi connectivity index (χ0v) is 13.0. The molecule has 2 rings (SSSR count). The van der Waals surface area contributed by atoms with E-state index in [9.17, 15) is 4.79 Å². The molecule has 0 aliphatic heterocycles. The molecule has 0 amide bonds. The van der Waals surface area contributed by atoms with Gasteiger partial charge in [0.2, 0.25) is 0 Å². The maximum absolute atomic E-state index is 11.9. The first kappa shape index (κ1) is 14.7. The first-order valence-corrected chi connectivity index (χ1v) is 7.24. The molecule has 0 aromatic heterocycles.